The van der Waals surface area contributed by atoms with Crippen molar-refractivity contribution in [3.8, 4) is 0 Å². The summed E-state index contributed by atoms with van der Waals surface area (Å²) in [6, 6.07) is 7.91. The fraction of sp³-hybridized carbons (Fsp3) is 0.444. The monoisotopic (exact) mass is 336 g/mol. The second-order valence-electron chi connectivity index (χ2n) is 7.05. The van der Waals surface area contributed by atoms with Crippen molar-refractivity contribution >= 4 is 16.8 Å². The Bertz CT molecular complexity index is 924. The summed E-state index contributed by atoms with van der Waals surface area (Å²) in [5.41, 5.74) is 2.50. The van der Waals surface area contributed by atoms with Gasteiger partial charge in [0.25, 0.3) is 5.91 Å². The van der Waals surface area contributed by atoms with E-state index < -0.39 is 0 Å². The van der Waals surface area contributed by atoms with Crippen LogP contribution in [0.4, 0.5) is 0 Å². The molecule has 0 unspecified atom stereocenters. The van der Waals surface area contributed by atoms with Crippen LogP contribution in [0.2, 0.25) is 0 Å². The first-order valence-corrected chi connectivity index (χ1v) is 8.94. The topological polar surface area (TPSA) is 79.7 Å². The number of nitrogens with one attached hydrogen (secondary N) is 1. The first-order chi connectivity index (χ1) is 12.3. The highest BCUT2D eigenvalue weighted by atomic mass is 16.2. The Kier molecular flexibility index (Phi) is 3.33. The molecule has 0 radical (unpaired) electrons. The summed E-state index contributed by atoms with van der Waals surface area (Å²) in [7, 11) is 0. The van der Waals surface area contributed by atoms with Crippen LogP contribution in [-0.4, -0.2) is 48.6 Å². The van der Waals surface area contributed by atoms with Gasteiger partial charge in [0.1, 0.15) is 0 Å². The fourth-order valence-electron chi connectivity index (χ4n) is 3.74. The highest BCUT2D eigenvalue weighted by Crippen LogP contribution is 2.38. The van der Waals surface area contributed by atoms with Crippen LogP contribution in [0, 0.1) is 0 Å². The van der Waals surface area contributed by atoms with Gasteiger partial charge in [-0.05, 0) is 31.7 Å². The van der Waals surface area contributed by atoms with Crippen molar-refractivity contribution in [2.24, 2.45) is 0 Å². The Morgan fingerprint density at radius 2 is 2.12 bits per heavy atom. The van der Waals surface area contributed by atoms with Crippen molar-refractivity contribution in [1.82, 2.24) is 30.1 Å². The van der Waals surface area contributed by atoms with Gasteiger partial charge in [-0.15, -0.1) is 5.10 Å². The van der Waals surface area contributed by atoms with Gasteiger partial charge >= 0.3 is 0 Å². The average Bonchev–Trinajstić information content (AvgIpc) is 3.05. The zero-order valence-electron chi connectivity index (χ0n) is 13.9. The smallest absolute Gasteiger partial charge is 0.275 e. The number of rotatable bonds is 4. The van der Waals surface area contributed by atoms with E-state index in [1.54, 1.807) is 0 Å². The van der Waals surface area contributed by atoms with Crippen molar-refractivity contribution in [2.45, 2.75) is 44.2 Å². The molecule has 1 aliphatic heterocycles. The maximum Gasteiger partial charge on any atom is 0.275 e. The molecule has 1 atom stereocenters. The summed E-state index contributed by atoms with van der Waals surface area (Å²) in [6.07, 6.45) is 6.50. The Labute approximate surface area is 145 Å². The van der Waals surface area contributed by atoms with E-state index in [2.05, 4.69) is 20.5 Å². The van der Waals surface area contributed by atoms with E-state index in [-0.39, 0.29) is 11.9 Å². The molecule has 7 nitrogen and oxygen atoms in total. The third kappa shape index (κ3) is 2.59. The van der Waals surface area contributed by atoms with Crippen molar-refractivity contribution in [1.29, 1.82) is 0 Å². The van der Waals surface area contributed by atoms with Crippen molar-refractivity contribution in [2.75, 3.05) is 6.54 Å². The Hall–Kier alpha value is -2.70. The molecule has 1 saturated heterocycles. The number of likely N-dealkylation sites (tertiary alicyclic amines) is 1. The molecule has 7 heteroatoms. The number of para-hydroxylation sites is 1. The third-order valence-electron chi connectivity index (χ3n) is 5.26. The lowest BCUT2D eigenvalue weighted by molar-refractivity contribution is 0.0717. The summed E-state index contributed by atoms with van der Waals surface area (Å²) >= 11 is 0. The highest BCUT2D eigenvalue weighted by Gasteiger charge is 2.32. The lowest BCUT2D eigenvalue weighted by Crippen LogP contribution is -2.38. The number of nitrogens with zero attached hydrogens (tertiary/aromatic N) is 5. The molecule has 1 N–H and O–H groups in total. The first-order valence-electron chi connectivity index (χ1n) is 8.94. The quantitative estimate of drug-likeness (QED) is 0.793. The molecule has 1 amide bonds. The lowest BCUT2D eigenvalue weighted by Gasteiger charge is -2.23. The molecule has 0 bridgehead atoms. The molecule has 2 aliphatic rings. The van der Waals surface area contributed by atoms with Crippen LogP contribution < -0.4 is 0 Å². The minimum Gasteiger partial charge on any atom is -0.332 e. The number of carbonyl (C=O) groups is 1. The molecular formula is C18H20N6O. The summed E-state index contributed by atoms with van der Waals surface area (Å²) in [5.74, 6) is 0.605. The molecule has 5 rings (SSSR count). The van der Waals surface area contributed by atoms with Gasteiger partial charge in [0.15, 0.2) is 5.69 Å². The van der Waals surface area contributed by atoms with Crippen LogP contribution in [0.1, 0.15) is 47.8 Å². The van der Waals surface area contributed by atoms with Gasteiger partial charge in [-0.3, -0.25) is 14.6 Å². The standard InChI is InChI=1S/C18H20N6O/c25-18(17-14-5-1-2-6-15(14)19-21-17)24-9-3-4-13(24)10-23-11-16(20-22-23)12-7-8-12/h1-2,5-6,11-13H,3-4,7-10H2,(H,19,21)/t13-/m0/s1. The molecule has 25 heavy (non-hydrogen) atoms. The van der Waals surface area contributed by atoms with Gasteiger partial charge in [0, 0.05) is 24.0 Å². The SMILES string of the molecule is O=C(c1n[nH]c2ccccc12)N1CCC[C@H]1Cn1cc(C2CC2)nn1. The summed E-state index contributed by atoms with van der Waals surface area (Å²) in [5, 5.41) is 16.6. The molecule has 2 aromatic heterocycles. The zero-order valence-corrected chi connectivity index (χ0v) is 13.9. The number of benzene rings is 1. The van der Waals surface area contributed by atoms with E-state index in [0.717, 1.165) is 36.0 Å². The number of aromatic nitrogens is 5. The molecule has 2 fully saturated rings. The van der Waals surface area contributed by atoms with E-state index in [4.69, 9.17) is 0 Å². The first kappa shape index (κ1) is 14.6. The zero-order chi connectivity index (χ0) is 16.8. The van der Waals surface area contributed by atoms with Crippen molar-refractivity contribution < 1.29 is 4.79 Å². The largest absolute Gasteiger partial charge is 0.332 e. The number of amides is 1. The third-order valence-corrected chi connectivity index (χ3v) is 5.26. The van der Waals surface area contributed by atoms with Crippen LogP contribution in [0.25, 0.3) is 10.9 Å². The molecule has 1 aromatic carbocycles. The van der Waals surface area contributed by atoms with Crippen molar-refractivity contribution in [3.05, 3.63) is 41.9 Å². The average molecular weight is 336 g/mol. The number of hydrogen-bond donors (Lipinski definition) is 1. The number of fused-ring (bicyclic) bond motifs is 1. The summed E-state index contributed by atoms with van der Waals surface area (Å²) in [4.78, 5) is 15.0. The Morgan fingerprint density at radius 1 is 1.24 bits per heavy atom. The normalized spacial score (nSPS) is 20.5. The van der Waals surface area contributed by atoms with Crippen LogP contribution in [-0.2, 0) is 6.54 Å². The molecule has 1 aliphatic carbocycles. The molecular weight excluding hydrogens is 316 g/mol. The van der Waals surface area contributed by atoms with Crippen LogP contribution in [0.3, 0.4) is 0 Å². The summed E-state index contributed by atoms with van der Waals surface area (Å²) in [6.45, 7) is 1.47. The van der Waals surface area contributed by atoms with Crippen LogP contribution >= 0.6 is 0 Å². The highest BCUT2D eigenvalue weighted by molar-refractivity contribution is 6.04. The molecule has 1 saturated carbocycles. The predicted molar refractivity (Wildman–Crippen MR) is 92.1 cm³/mol. The second kappa shape index (κ2) is 5.68. The van der Waals surface area contributed by atoms with Crippen molar-refractivity contribution in [3.63, 3.8) is 0 Å². The van der Waals surface area contributed by atoms with E-state index >= 15 is 0 Å². The number of H-pyrrole nitrogens is 1. The Morgan fingerprint density at radius 3 is 3.00 bits per heavy atom. The lowest BCUT2D eigenvalue weighted by atomic mass is 10.1. The van der Waals surface area contributed by atoms with Crippen LogP contribution in [0.15, 0.2) is 30.5 Å². The number of hydrogen-bond acceptors (Lipinski definition) is 4. The van der Waals surface area contributed by atoms with E-state index in [0.29, 0.717) is 18.2 Å². The molecule has 0 spiro atoms. The minimum atomic E-state index is 0.00230. The minimum absolute atomic E-state index is 0.00230. The molecule has 3 heterocycles. The van der Waals surface area contributed by atoms with Gasteiger partial charge in [0.2, 0.25) is 0 Å². The Balaban J connectivity index is 1.37. The number of aromatic amines is 1. The fourth-order valence-corrected chi connectivity index (χ4v) is 3.74. The van der Waals surface area contributed by atoms with Gasteiger partial charge in [-0.2, -0.15) is 5.10 Å². The summed E-state index contributed by atoms with van der Waals surface area (Å²) < 4.78 is 1.90. The van der Waals surface area contributed by atoms with Gasteiger partial charge in [-0.1, -0.05) is 23.4 Å². The maximum absolute atomic E-state index is 13.0. The van der Waals surface area contributed by atoms with Crippen LogP contribution in [0.5, 0.6) is 0 Å². The van der Waals surface area contributed by atoms with Gasteiger partial charge in [0.05, 0.1) is 23.8 Å². The number of carbonyl (C=O) groups excluding carboxylic acids is 1. The molecule has 128 valence electrons. The molecule has 3 aromatic rings. The van der Waals surface area contributed by atoms with Gasteiger partial charge in [-0.25, -0.2) is 0 Å². The van der Waals surface area contributed by atoms with Gasteiger partial charge < -0.3 is 4.90 Å². The predicted octanol–water partition coefficient (Wildman–Crippen LogP) is 2.34. The van der Waals surface area contributed by atoms with E-state index in [1.165, 1.54) is 12.8 Å². The maximum atomic E-state index is 13.0. The second-order valence-corrected chi connectivity index (χ2v) is 7.05. The van der Waals surface area contributed by atoms with E-state index in [9.17, 15) is 4.79 Å². The van der Waals surface area contributed by atoms with E-state index in [1.807, 2.05) is 40.0 Å².